The molecule has 0 saturated carbocycles. The number of amides is 1. The van der Waals surface area contributed by atoms with Crippen molar-refractivity contribution >= 4 is 16.8 Å². The second kappa shape index (κ2) is 10.3. The Labute approximate surface area is 195 Å². The molecule has 1 fully saturated rings. The maximum absolute atomic E-state index is 13.5. The average molecular weight is 447 g/mol. The van der Waals surface area contributed by atoms with E-state index in [9.17, 15) is 9.59 Å². The van der Waals surface area contributed by atoms with Gasteiger partial charge < -0.3 is 4.90 Å². The normalized spacial score (nSPS) is 17.9. The van der Waals surface area contributed by atoms with Gasteiger partial charge in [0.25, 0.3) is 5.56 Å². The molecule has 6 nitrogen and oxygen atoms in total. The third kappa shape index (κ3) is 5.01. The Morgan fingerprint density at radius 3 is 2.55 bits per heavy atom. The lowest BCUT2D eigenvalue weighted by Gasteiger charge is -2.42. The van der Waals surface area contributed by atoms with Crippen LogP contribution in [-0.4, -0.2) is 50.9 Å². The van der Waals surface area contributed by atoms with Crippen LogP contribution in [0, 0.1) is 0 Å². The van der Waals surface area contributed by atoms with Crippen molar-refractivity contribution in [3.8, 4) is 0 Å². The third-order valence-electron chi connectivity index (χ3n) is 6.72. The highest BCUT2D eigenvalue weighted by Crippen LogP contribution is 2.24. The first-order chi connectivity index (χ1) is 16.0. The predicted octanol–water partition coefficient (Wildman–Crippen LogP) is 4.23. The molecule has 1 saturated heterocycles. The first kappa shape index (κ1) is 23.2. The molecule has 1 aliphatic rings. The summed E-state index contributed by atoms with van der Waals surface area (Å²) in [6.07, 6.45) is 2.60. The number of nitrogens with zero attached hydrogens (tertiary/aromatic N) is 4. The molecule has 0 bridgehead atoms. The Bertz CT molecular complexity index is 1160. The molecule has 0 radical (unpaired) electrons. The SMILES string of the molecule is CCCCC(=O)N1CCN(C(C)c2nc3ccccc3c(=O)n2Cc2ccccc2)CC1C. The number of hydrogen-bond acceptors (Lipinski definition) is 4. The zero-order valence-electron chi connectivity index (χ0n) is 19.9. The van der Waals surface area contributed by atoms with Gasteiger partial charge in [0.2, 0.25) is 5.91 Å². The minimum Gasteiger partial charge on any atom is -0.337 e. The number of piperazine rings is 1. The molecule has 0 aliphatic carbocycles. The van der Waals surface area contributed by atoms with Crippen LogP contribution in [0.3, 0.4) is 0 Å². The van der Waals surface area contributed by atoms with Gasteiger partial charge in [-0.15, -0.1) is 0 Å². The molecular formula is C27H34N4O2. The number of unbranched alkanes of at least 4 members (excludes halogenated alkanes) is 1. The molecular weight excluding hydrogens is 412 g/mol. The molecule has 1 aromatic heterocycles. The van der Waals surface area contributed by atoms with E-state index in [0.29, 0.717) is 24.9 Å². The molecule has 1 amide bonds. The van der Waals surface area contributed by atoms with Crippen LogP contribution in [-0.2, 0) is 11.3 Å². The zero-order valence-corrected chi connectivity index (χ0v) is 19.9. The molecule has 4 rings (SSSR count). The molecule has 3 aromatic rings. The predicted molar refractivity (Wildman–Crippen MR) is 132 cm³/mol. The number of aromatic nitrogens is 2. The van der Waals surface area contributed by atoms with E-state index in [2.05, 4.69) is 25.7 Å². The fourth-order valence-electron chi connectivity index (χ4n) is 4.77. The van der Waals surface area contributed by atoms with E-state index in [1.165, 1.54) is 0 Å². The summed E-state index contributed by atoms with van der Waals surface area (Å²) in [7, 11) is 0. The summed E-state index contributed by atoms with van der Waals surface area (Å²) >= 11 is 0. The van der Waals surface area contributed by atoms with Crippen LogP contribution in [0.5, 0.6) is 0 Å². The van der Waals surface area contributed by atoms with Crippen molar-refractivity contribution in [2.45, 2.75) is 58.7 Å². The van der Waals surface area contributed by atoms with Crippen LogP contribution < -0.4 is 5.56 Å². The zero-order chi connectivity index (χ0) is 23.4. The van der Waals surface area contributed by atoms with Crippen molar-refractivity contribution in [2.24, 2.45) is 0 Å². The van der Waals surface area contributed by atoms with E-state index in [4.69, 9.17) is 4.98 Å². The smallest absolute Gasteiger partial charge is 0.261 e. The topological polar surface area (TPSA) is 58.4 Å². The van der Waals surface area contributed by atoms with E-state index in [1.54, 1.807) is 0 Å². The molecule has 1 aliphatic heterocycles. The fraction of sp³-hybridized carbons (Fsp3) is 0.444. The van der Waals surface area contributed by atoms with Gasteiger partial charge in [0.1, 0.15) is 5.82 Å². The van der Waals surface area contributed by atoms with Crippen LogP contribution in [0.15, 0.2) is 59.4 Å². The average Bonchev–Trinajstić information content (AvgIpc) is 2.84. The molecule has 2 atom stereocenters. The van der Waals surface area contributed by atoms with E-state index in [1.807, 2.05) is 64.1 Å². The van der Waals surface area contributed by atoms with Gasteiger partial charge in [-0.1, -0.05) is 55.8 Å². The Balaban J connectivity index is 1.64. The second-order valence-corrected chi connectivity index (χ2v) is 9.07. The standard InChI is InChI=1S/C27H34N4O2/c1-4-5-15-25(32)30-17-16-29(18-20(30)2)21(3)26-28-24-14-10-9-13-23(24)27(33)31(26)19-22-11-7-6-8-12-22/h6-14,20-21H,4-5,15-19H2,1-3H3. The third-order valence-corrected chi connectivity index (χ3v) is 6.72. The van der Waals surface area contributed by atoms with Crippen molar-refractivity contribution in [1.82, 2.24) is 19.4 Å². The lowest BCUT2D eigenvalue weighted by molar-refractivity contribution is -0.136. The number of para-hydroxylation sites is 1. The van der Waals surface area contributed by atoms with Gasteiger partial charge in [-0.05, 0) is 38.0 Å². The van der Waals surface area contributed by atoms with Crippen LogP contribution in [0.1, 0.15) is 57.5 Å². The number of fused-ring (bicyclic) bond motifs is 1. The summed E-state index contributed by atoms with van der Waals surface area (Å²) in [6, 6.07) is 17.7. The highest BCUT2D eigenvalue weighted by Gasteiger charge is 2.31. The Morgan fingerprint density at radius 1 is 1.09 bits per heavy atom. The van der Waals surface area contributed by atoms with E-state index in [-0.39, 0.29) is 23.6 Å². The van der Waals surface area contributed by atoms with Gasteiger partial charge in [-0.3, -0.25) is 19.1 Å². The van der Waals surface area contributed by atoms with Crippen LogP contribution in [0.2, 0.25) is 0 Å². The lowest BCUT2D eigenvalue weighted by atomic mass is 10.1. The summed E-state index contributed by atoms with van der Waals surface area (Å²) in [5, 5.41) is 0.643. The molecule has 6 heteroatoms. The maximum Gasteiger partial charge on any atom is 0.261 e. The quantitative estimate of drug-likeness (QED) is 0.545. The summed E-state index contributed by atoms with van der Waals surface area (Å²) in [4.78, 5) is 35.4. The van der Waals surface area contributed by atoms with Crippen molar-refractivity contribution < 1.29 is 4.79 Å². The van der Waals surface area contributed by atoms with Crippen LogP contribution >= 0.6 is 0 Å². The van der Waals surface area contributed by atoms with Crippen LogP contribution in [0.25, 0.3) is 10.9 Å². The summed E-state index contributed by atoms with van der Waals surface area (Å²) in [5.74, 6) is 1.03. The van der Waals surface area contributed by atoms with Crippen LogP contribution in [0.4, 0.5) is 0 Å². The molecule has 33 heavy (non-hydrogen) atoms. The molecule has 0 spiro atoms. The number of benzene rings is 2. The van der Waals surface area contributed by atoms with Crippen molar-refractivity contribution in [2.75, 3.05) is 19.6 Å². The molecule has 174 valence electrons. The van der Waals surface area contributed by atoms with Gasteiger partial charge in [-0.25, -0.2) is 4.98 Å². The fourth-order valence-corrected chi connectivity index (χ4v) is 4.77. The van der Waals surface area contributed by atoms with Gasteiger partial charge in [0, 0.05) is 32.1 Å². The molecule has 2 heterocycles. The maximum atomic E-state index is 13.5. The Hall–Kier alpha value is -2.99. The highest BCUT2D eigenvalue weighted by atomic mass is 16.2. The van der Waals surface area contributed by atoms with Crippen molar-refractivity contribution in [3.63, 3.8) is 0 Å². The molecule has 2 unspecified atom stereocenters. The van der Waals surface area contributed by atoms with Gasteiger partial charge in [-0.2, -0.15) is 0 Å². The molecule has 2 aromatic carbocycles. The van der Waals surface area contributed by atoms with E-state index >= 15 is 0 Å². The van der Waals surface area contributed by atoms with Crippen molar-refractivity contribution in [3.05, 3.63) is 76.3 Å². The largest absolute Gasteiger partial charge is 0.337 e. The minimum absolute atomic E-state index is 0.00673. The van der Waals surface area contributed by atoms with Crippen molar-refractivity contribution in [1.29, 1.82) is 0 Å². The number of carbonyl (C=O) groups excluding carboxylic acids is 1. The highest BCUT2D eigenvalue weighted by molar-refractivity contribution is 5.77. The van der Waals surface area contributed by atoms with Gasteiger partial charge >= 0.3 is 0 Å². The molecule has 0 N–H and O–H groups in total. The monoisotopic (exact) mass is 446 g/mol. The first-order valence-corrected chi connectivity index (χ1v) is 12.1. The number of rotatable bonds is 7. The lowest BCUT2D eigenvalue weighted by Crippen LogP contribution is -2.54. The Morgan fingerprint density at radius 2 is 1.82 bits per heavy atom. The second-order valence-electron chi connectivity index (χ2n) is 9.07. The first-order valence-electron chi connectivity index (χ1n) is 12.1. The number of carbonyl (C=O) groups is 1. The van der Waals surface area contributed by atoms with E-state index in [0.717, 1.165) is 42.8 Å². The van der Waals surface area contributed by atoms with Gasteiger partial charge in [0.05, 0.1) is 23.5 Å². The number of hydrogen-bond donors (Lipinski definition) is 0. The van der Waals surface area contributed by atoms with Gasteiger partial charge in [0.15, 0.2) is 0 Å². The Kier molecular flexibility index (Phi) is 7.23. The summed E-state index contributed by atoms with van der Waals surface area (Å²) < 4.78 is 1.83. The summed E-state index contributed by atoms with van der Waals surface area (Å²) in [6.45, 7) is 9.10. The minimum atomic E-state index is -0.0404. The van der Waals surface area contributed by atoms with E-state index < -0.39 is 0 Å². The summed E-state index contributed by atoms with van der Waals surface area (Å²) in [5.41, 5.74) is 1.80.